The molecule has 9 rings (SSSR count). The molecule has 3 aliphatic rings. The van der Waals surface area contributed by atoms with E-state index in [1.807, 2.05) is 12.4 Å². The van der Waals surface area contributed by atoms with Crippen LogP contribution in [0.15, 0.2) is 146 Å². The van der Waals surface area contributed by atoms with Crippen molar-refractivity contribution in [1.29, 1.82) is 0 Å². The van der Waals surface area contributed by atoms with Gasteiger partial charge in [-0.1, -0.05) is 86.6 Å². The summed E-state index contributed by atoms with van der Waals surface area (Å²) >= 11 is 0. The highest BCUT2D eigenvalue weighted by Gasteiger charge is 2.62. The molecule has 4 aromatic carbocycles. The van der Waals surface area contributed by atoms with Gasteiger partial charge in [-0.15, -0.1) is 0 Å². The number of aryl methyl sites for hydroxylation is 1. The number of hydrogen-bond acceptors (Lipinski definition) is 6. The lowest BCUT2D eigenvalue weighted by Crippen LogP contribution is -2.65. The number of pyridine rings is 2. The number of hydrogen-bond donors (Lipinski definition) is 0. The molecule has 3 aliphatic heterocycles. The van der Waals surface area contributed by atoms with Crippen LogP contribution in [0.2, 0.25) is 0 Å². The van der Waals surface area contributed by atoms with E-state index in [9.17, 15) is 0 Å². The van der Waals surface area contributed by atoms with Crippen molar-refractivity contribution in [3.8, 4) is 0 Å². The minimum absolute atomic E-state index is 0.0424. The summed E-state index contributed by atoms with van der Waals surface area (Å²) in [7, 11) is 0. The molecule has 0 bridgehead atoms. The van der Waals surface area contributed by atoms with Gasteiger partial charge in [-0.05, 0) is 91.6 Å². The third-order valence-electron chi connectivity index (χ3n) is 11.3. The molecule has 6 aromatic rings. The molecule has 0 radical (unpaired) electrons. The summed E-state index contributed by atoms with van der Waals surface area (Å²) in [6, 6.07) is 48.3. The molecule has 0 amide bonds. The first kappa shape index (κ1) is 29.5. The quantitative estimate of drug-likeness (QED) is 0.180. The van der Waals surface area contributed by atoms with E-state index in [2.05, 4.69) is 174 Å². The lowest BCUT2D eigenvalue weighted by Gasteiger charge is -2.57. The van der Waals surface area contributed by atoms with E-state index < -0.39 is 0 Å². The lowest BCUT2D eigenvalue weighted by atomic mass is 9.61. The minimum atomic E-state index is -0.201. The van der Waals surface area contributed by atoms with Crippen LogP contribution in [0, 0.1) is 12.8 Å². The molecule has 0 fully saturated rings. The summed E-state index contributed by atoms with van der Waals surface area (Å²) in [6.45, 7) is 7.01. The standard InChI is InChI=1S/C43H40N6/c1-4-43(5-2)33-23-13-15-25-35(33)49-40-36(26-16-29-45-40)46(31-19-8-6-9-20-31)41(49)38(43)42-47(32-21-10-7-11-22-32)39-37(27-17-28-44-39)48(42)34-24-14-12-18-30(34)3/h6-29,38,41-42H,4-5H2,1-3H3. The molecule has 6 nitrogen and oxygen atoms in total. The summed E-state index contributed by atoms with van der Waals surface area (Å²) in [5, 5.41) is 0. The van der Waals surface area contributed by atoms with Crippen LogP contribution >= 0.6 is 0 Å². The molecule has 242 valence electrons. The fourth-order valence-electron chi connectivity index (χ4n) is 9.15. The molecule has 6 heteroatoms. The summed E-state index contributed by atoms with van der Waals surface area (Å²) in [4.78, 5) is 20.5. The monoisotopic (exact) mass is 640 g/mol. The number of anilines is 8. The van der Waals surface area contributed by atoms with Gasteiger partial charge in [0.15, 0.2) is 11.6 Å². The van der Waals surface area contributed by atoms with Gasteiger partial charge in [0.1, 0.15) is 12.3 Å². The Kier molecular flexibility index (Phi) is 6.94. The molecular formula is C43H40N6. The molecule has 0 N–H and O–H groups in total. The Morgan fingerprint density at radius 2 is 0.980 bits per heavy atom. The summed E-state index contributed by atoms with van der Waals surface area (Å²) in [5.74, 6) is 2.02. The van der Waals surface area contributed by atoms with Gasteiger partial charge in [-0.3, -0.25) is 0 Å². The van der Waals surface area contributed by atoms with Crippen molar-refractivity contribution < 1.29 is 0 Å². The zero-order valence-corrected chi connectivity index (χ0v) is 28.2. The Morgan fingerprint density at radius 1 is 0.490 bits per heavy atom. The van der Waals surface area contributed by atoms with Crippen LogP contribution in [0.25, 0.3) is 0 Å². The molecule has 5 heterocycles. The average Bonchev–Trinajstić information content (AvgIpc) is 3.68. The van der Waals surface area contributed by atoms with Gasteiger partial charge in [0, 0.05) is 46.5 Å². The van der Waals surface area contributed by atoms with Crippen LogP contribution in [0.4, 0.5) is 45.8 Å². The molecule has 3 atom stereocenters. The molecule has 0 saturated heterocycles. The minimum Gasteiger partial charge on any atom is -0.316 e. The number of nitrogens with zero attached hydrogens (tertiary/aromatic N) is 6. The zero-order valence-electron chi connectivity index (χ0n) is 28.2. The van der Waals surface area contributed by atoms with Crippen LogP contribution in [0.1, 0.15) is 37.8 Å². The topological polar surface area (TPSA) is 38.7 Å². The number of benzene rings is 4. The van der Waals surface area contributed by atoms with Crippen molar-refractivity contribution in [2.75, 3.05) is 19.6 Å². The zero-order chi connectivity index (χ0) is 33.1. The van der Waals surface area contributed by atoms with Crippen LogP contribution in [0.5, 0.6) is 0 Å². The predicted molar refractivity (Wildman–Crippen MR) is 201 cm³/mol. The van der Waals surface area contributed by atoms with Crippen molar-refractivity contribution in [2.45, 2.75) is 51.4 Å². The van der Waals surface area contributed by atoms with Crippen molar-refractivity contribution in [3.05, 3.63) is 157 Å². The second kappa shape index (κ2) is 11.5. The van der Waals surface area contributed by atoms with E-state index in [4.69, 9.17) is 9.97 Å². The van der Waals surface area contributed by atoms with Crippen LogP contribution in [0.3, 0.4) is 0 Å². The molecule has 2 aromatic heterocycles. The van der Waals surface area contributed by atoms with E-state index in [0.717, 1.165) is 47.2 Å². The molecule has 3 unspecified atom stereocenters. The Hall–Kier alpha value is -5.62. The second-order valence-electron chi connectivity index (χ2n) is 13.4. The van der Waals surface area contributed by atoms with Gasteiger partial charge < -0.3 is 19.6 Å². The predicted octanol–water partition coefficient (Wildman–Crippen LogP) is 10.4. The van der Waals surface area contributed by atoms with Crippen molar-refractivity contribution in [2.24, 2.45) is 5.92 Å². The van der Waals surface area contributed by atoms with E-state index in [-0.39, 0.29) is 23.7 Å². The van der Waals surface area contributed by atoms with Crippen molar-refractivity contribution in [1.82, 2.24) is 9.97 Å². The fourth-order valence-corrected chi connectivity index (χ4v) is 9.15. The number of fused-ring (bicyclic) bond motifs is 6. The number of rotatable bonds is 6. The highest BCUT2D eigenvalue weighted by atomic mass is 15.5. The first-order chi connectivity index (χ1) is 24.2. The molecular weight excluding hydrogens is 601 g/mol. The third-order valence-corrected chi connectivity index (χ3v) is 11.3. The largest absolute Gasteiger partial charge is 0.316 e. The molecule has 49 heavy (non-hydrogen) atoms. The van der Waals surface area contributed by atoms with Crippen LogP contribution in [-0.2, 0) is 5.41 Å². The summed E-state index contributed by atoms with van der Waals surface area (Å²) in [6.07, 6.45) is 5.62. The van der Waals surface area contributed by atoms with Crippen molar-refractivity contribution >= 4 is 45.8 Å². The SMILES string of the molecule is CCC1(CC)c2ccccc2N2c3ncccc3N(c3ccccc3)C2C1C1N(c2ccccc2C)c2cccnc2N1c1ccccc1. The average molecular weight is 641 g/mol. The summed E-state index contributed by atoms with van der Waals surface area (Å²) < 4.78 is 0. The van der Waals surface area contributed by atoms with Crippen LogP contribution < -0.4 is 19.6 Å². The van der Waals surface area contributed by atoms with Gasteiger partial charge in [0.2, 0.25) is 0 Å². The lowest BCUT2D eigenvalue weighted by molar-refractivity contribution is 0.171. The van der Waals surface area contributed by atoms with Crippen LogP contribution in [-0.4, -0.2) is 22.3 Å². The Balaban J connectivity index is 1.40. The van der Waals surface area contributed by atoms with Gasteiger partial charge in [0.05, 0.1) is 11.4 Å². The first-order valence-corrected chi connectivity index (χ1v) is 17.5. The number of aromatic nitrogens is 2. The van der Waals surface area contributed by atoms with E-state index in [0.29, 0.717) is 0 Å². The summed E-state index contributed by atoms with van der Waals surface area (Å²) in [5.41, 5.74) is 9.41. The first-order valence-electron chi connectivity index (χ1n) is 17.5. The second-order valence-corrected chi connectivity index (χ2v) is 13.4. The van der Waals surface area contributed by atoms with Gasteiger partial charge >= 0.3 is 0 Å². The maximum absolute atomic E-state index is 5.16. The van der Waals surface area contributed by atoms with Gasteiger partial charge in [-0.25, -0.2) is 9.97 Å². The highest BCUT2D eigenvalue weighted by molar-refractivity contribution is 5.91. The Bertz CT molecular complexity index is 2130. The third kappa shape index (κ3) is 4.19. The van der Waals surface area contributed by atoms with Gasteiger partial charge in [-0.2, -0.15) is 0 Å². The fraction of sp³-hybridized carbons (Fsp3) is 0.209. The molecule has 0 aliphatic carbocycles. The normalized spacial score (nSPS) is 20.1. The van der Waals surface area contributed by atoms with E-state index >= 15 is 0 Å². The maximum Gasteiger partial charge on any atom is 0.158 e. The Labute approximate surface area is 288 Å². The molecule has 0 spiro atoms. The smallest absolute Gasteiger partial charge is 0.158 e. The Morgan fingerprint density at radius 3 is 1.61 bits per heavy atom. The van der Waals surface area contributed by atoms with Crippen molar-refractivity contribution in [3.63, 3.8) is 0 Å². The van der Waals surface area contributed by atoms with E-state index in [1.54, 1.807) is 0 Å². The van der Waals surface area contributed by atoms with E-state index in [1.165, 1.54) is 22.5 Å². The highest BCUT2D eigenvalue weighted by Crippen LogP contribution is 2.63. The maximum atomic E-state index is 5.16. The van der Waals surface area contributed by atoms with Gasteiger partial charge in [0.25, 0.3) is 0 Å². The number of para-hydroxylation sites is 4. The molecule has 0 saturated carbocycles.